The smallest absolute Gasteiger partial charge is 0.256 e. The summed E-state index contributed by atoms with van der Waals surface area (Å²) in [5, 5.41) is 11.6. The van der Waals surface area contributed by atoms with Crippen molar-refractivity contribution in [1.82, 2.24) is 15.1 Å². The van der Waals surface area contributed by atoms with E-state index in [1.54, 1.807) is 0 Å². The molecule has 0 spiro atoms. The number of aryl methyl sites for hydroxylation is 1. The van der Waals surface area contributed by atoms with Gasteiger partial charge in [-0.25, -0.2) is 0 Å². The standard InChI is InChI=1S/C25H27ClN4O2.C2H6/c1-16-10-24(28-25(31)19-4-5-20-13-27-9-8-18(20)11-19)29-30(16)14-21-12-22(26)6-7-23(21)32-15-17-2-3-17;1-2/h4-7,10-12,17,27H,2-3,8-9,13-15H2,1H3,(H,28,29,31);1-2H3. The van der Waals surface area contributed by atoms with E-state index in [4.69, 9.17) is 16.3 Å². The zero-order valence-corrected chi connectivity index (χ0v) is 20.9. The number of anilines is 1. The summed E-state index contributed by atoms with van der Waals surface area (Å²) in [5.41, 5.74) is 5.07. The highest BCUT2D eigenvalue weighted by Crippen LogP contribution is 2.31. The highest BCUT2D eigenvalue weighted by molar-refractivity contribution is 6.30. The largest absolute Gasteiger partial charge is 0.493 e. The lowest BCUT2D eigenvalue weighted by atomic mass is 9.98. The first-order valence-corrected chi connectivity index (χ1v) is 12.5. The van der Waals surface area contributed by atoms with Crippen LogP contribution in [0.25, 0.3) is 0 Å². The van der Waals surface area contributed by atoms with Gasteiger partial charge < -0.3 is 15.4 Å². The lowest BCUT2D eigenvalue weighted by Gasteiger charge is -2.17. The van der Waals surface area contributed by atoms with Gasteiger partial charge in [0.25, 0.3) is 5.91 Å². The topological polar surface area (TPSA) is 68.2 Å². The quantitative estimate of drug-likeness (QED) is 0.461. The third-order valence-corrected chi connectivity index (χ3v) is 6.33. The predicted molar refractivity (Wildman–Crippen MR) is 137 cm³/mol. The molecule has 0 bridgehead atoms. The van der Waals surface area contributed by atoms with Crippen molar-refractivity contribution in [3.8, 4) is 5.75 Å². The second kappa shape index (κ2) is 11.1. The molecule has 0 saturated heterocycles. The van der Waals surface area contributed by atoms with Gasteiger partial charge in [-0.1, -0.05) is 31.5 Å². The van der Waals surface area contributed by atoms with Crippen LogP contribution in [0.5, 0.6) is 5.75 Å². The van der Waals surface area contributed by atoms with Crippen LogP contribution in [0.4, 0.5) is 5.82 Å². The summed E-state index contributed by atoms with van der Waals surface area (Å²) in [5.74, 6) is 1.90. The fraction of sp³-hybridized carbons (Fsp3) is 0.407. The van der Waals surface area contributed by atoms with Crippen molar-refractivity contribution in [2.75, 3.05) is 18.5 Å². The molecular weight excluding hydrogens is 448 g/mol. The van der Waals surface area contributed by atoms with E-state index in [0.29, 0.717) is 28.9 Å². The first-order chi connectivity index (χ1) is 16.5. The van der Waals surface area contributed by atoms with E-state index >= 15 is 0 Å². The highest BCUT2D eigenvalue weighted by Gasteiger charge is 2.22. The average Bonchev–Trinajstić information content (AvgIpc) is 3.62. The monoisotopic (exact) mass is 480 g/mol. The van der Waals surface area contributed by atoms with Gasteiger partial charge in [-0.3, -0.25) is 9.48 Å². The molecule has 2 aliphatic rings. The maximum Gasteiger partial charge on any atom is 0.256 e. The summed E-state index contributed by atoms with van der Waals surface area (Å²) in [7, 11) is 0. The fourth-order valence-electron chi connectivity index (χ4n) is 4.00. The van der Waals surface area contributed by atoms with Crippen molar-refractivity contribution in [2.24, 2.45) is 5.92 Å². The minimum absolute atomic E-state index is 0.146. The van der Waals surface area contributed by atoms with Crippen molar-refractivity contribution in [3.05, 3.63) is 75.4 Å². The van der Waals surface area contributed by atoms with E-state index in [0.717, 1.165) is 43.1 Å². The van der Waals surface area contributed by atoms with E-state index < -0.39 is 0 Å². The van der Waals surface area contributed by atoms with Crippen LogP contribution in [0.3, 0.4) is 0 Å². The maximum absolute atomic E-state index is 12.8. The van der Waals surface area contributed by atoms with Crippen molar-refractivity contribution in [1.29, 1.82) is 0 Å². The second-order valence-corrected chi connectivity index (χ2v) is 9.14. The van der Waals surface area contributed by atoms with Crippen molar-refractivity contribution in [3.63, 3.8) is 0 Å². The Balaban J connectivity index is 0.00000133. The number of ether oxygens (including phenoxy) is 1. The number of amides is 1. The molecule has 1 aliphatic heterocycles. The minimum atomic E-state index is -0.146. The molecule has 34 heavy (non-hydrogen) atoms. The maximum atomic E-state index is 12.8. The van der Waals surface area contributed by atoms with Crippen LogP contribution in [-0.2, 0) is 19.5 Å². The molecule has 180 valence electrons. The third kappa shape index (κ3) is 5.99. The van der Waals surface area contributed by atoms with Gasteiger partial charge >= 0.3 is 0 Å². The Morgan fingerprint density at radius 3 is 2.79 bits per heavy atom. The number of hydrogen-bond donors (Lipinski definition) is 2. The number of carbonyl (C=O) groups is 1. The number of fused-ring (bicyclic) bond motifs is 1. The molecule has 1 saturated carbocycles. The molecule has 1 aliphatic carbocycles. The Bertz CT molecular complexity index is 1150. The summed E-state index contributed by atoms with van der Waals surface area (Å²) in [6.07, 6.45) is 3.42. The van der Waals surface area contributed by atoms with Crippen molar-refractivity contribution < 1.29 is 9.53 Å². The molecule has 0 radical (unpaired) electrons. The summed E-state index contributed by atoms with van der Waals surface area (Å²) >= 11 is 6.24. The molecule has 2 N–H and O–H groups in total. The summed E-state index contributed by atoms with van der Waals surface area (Å²) in [6.45, 7) is 9.04. The highest BCUT2D eigenvalue weighted by atomic mass is 35.5. The lowest BCUT2D eigenvalue weighted by Crippen LogP contribution is -2.24. The first-order valence-electron chi connectivity index (χ1n) is 12.1. The number of aromatic nitrogens is 2. The van der Waals surface area contributed by atoms with Gasteiger partial charge in [-0.2, -0.15) is 5.10 Å². The van der Waals surface area contributed by atoms with E-state index in [1.165, 1.54) is 24.0 Å². The Kier molecular flexibility index (Phi) is 7.91. The molecule has 6 nitrogen and oxygen atoms in total. The molecule has 2 aromatic carbocycles. The second-order valence-electron chi connectivity index (χ2n) is 8.70. The Labute approximate surface area is 206 Å². The molecule has 1 amide bonds. The summed E-state index contributed by atoms with van der Waals surface area (Å²) in [6, 6.07) is 13.5. The van der Waals surface area contributed by atoms with Gasteiger partial charge in [0.2, 0.25) is 0 Å². The minimum Gasteiger partial charge on any atom is -0.493 e. The number of halogens is 1. The Morgan fingerprint density at radius 1 is 1.18 bits per heavy atom. The Hall–Kier alpha value is -2.83. The van der Waals surface area contributed by atoms with Crippen LogP contribution in [-0.4, -0.2) is 28.8 Å². The lowest BCUT2D eigenvalue weighted by molar-refractivity contribution is 0.102. The number of hydrogen-bond acceptors (Lipinski definition) is 4. The Morgan fingerprint density at radius 2 is 2.00 bits per heavy atom. The summed E-state index contributed by atoms with van der Waals surface area (Å²) in [4.78, 5) is 12.8. The van der Waals surface area contributed by atoms with Crippen molar-refractivity contribution in [2.45, 2.75) is 53.1 Å². The number of benzene rings is 2. The molecule has 5 rings (SSSR count). The molecule has 0 atom stereocenters. The van der Waals surface area contributed by atoms with E-state index in [9.17, 15) is 4.79 Å². The fourth-order valence-corrected chi connectivity index (χ4v) is 4.20. The van der Waals surface area contributed by atoms with Crippen LogP contribution in [0.2, 0.25) is 5.02 Å². The molecule has 1 fully saturated rings. The molecular formula is C27H33ClN4O2. The van der Waals surface area contributed by atoms with Crippen LogP contribution < -0.4 is 15.4 Å². The third-order valence-electron chi connectivity index (χ3n) is 6.09. The SMILES string of the molecule is CC.Cc1cc(NC(=O)c2ccc3c(c2)CCNC3)nn1Cc1cc(Cl)ccc1OCC1CC1. The zero-order chi connectivity index (χ0) is 24.1. The number of nitrogens with zero attached hydrogens (tertiary/aromatic N) is 2. The van der Waals surface area contributed by atoms with Gasteiger partial charge in [0.15, 0.2) is 5.82 Å². The summed E-state index contributed by atoms with van der Waals surface area (Å²) < 4.78 is 7.89. The molecule has 3 aromatic rings. The predicted octanol–water partition coefficient (Wildman–Crippen LogP) is 5.61. The van der Waals surface area contributed by atoms with Gasteiger partial charge in [-0.15, -0.1) is 0 Å². The van der Waals surface area contributed by atoms with Crippen LogP contribution in [0.1, 0.15) is 59.4 Å². The average molecular weight is 481 g/mol. The molecule has 2 heterocycles. The van der Waals surface area contributed by atoms with Gasteiger partial charge in [0.05, 0.1) is 13.2 Å². The number of nitrogens with one attached hydrogen (secondary N) is 2. The van der Waals surface area contributed by atoms with E-state index in [2.05, 4.69) is 15.7 Å². The van der Waals surface area contributed by atoms with Crippen LogP contribution in [0.15, 0.2) is 42.5 Å². The van der Waals surface area contributed by atoms with E-state index in [-0.39, 0.29) is 5.91 Å². The number of rotatable bonds is 7. The van der Waals surface area contributed by atoms with Gasteiger partial charge in [0, 0.05) is 34.5 Å². The zero-order valence-electron chi connectivity index (χ0n) is 20.2. The van der Waals surface area contributed by atoms with Crippen LogP contribution in [0, 0.1) is 12.8 Å². The molecule has 1 aromatic heterocycles. The van der Waals surface area contributed by atoms with Gasteiger partial charge in [0.1, 0.15) is 5.75 Å². The molecule has 0 unspecified atom stereocenters. The normalized spacial score (nSPS) is 14.6. The number of carbonyl (C=O) groups excluding carboxylic acids is 1. The van der Waals surface area contributed by atoms with Crippen LogP contribution >= 0.6 is 11.6 Å². The van der Waals surface area contributed by atoms with Gasteiger partial charge in [-0.05, 0) is 80.1 Å². The molecule has 7 heteroatoms. The van der Waals surface area contributed by atoms with E-state index in [1.807, 2.05) is 67.9 Å². The first kappa shape index (κ1) is 24.3. The van der Waals surface area contributed by atoms with Crippen molar-refractivity contribution >= 4 is 23.3 Å².